The number of anilines is 3. The van der Waals surface area contributed by atoms with Gasteiger partial charge in [0.25, 0.3) is 0 Å². The van der Waals surface area contributed by atoms with Gasteiger partial charge in [-0.25, -0.2) is 0 Å². The molecule has 0 bridgehead atoms. The summed E-state index contributed by atoms with van der Waals surface area (Å²) < 4.78 is 12.6. The molecule has 0 aromatic heterocycles. The number of amides is 2. The SMILES string of the molecule is CC(=O)Nc1ccc([S+]([O-])c2ccc(N)c(NC(C)=O)c2)cc1. The van der Waals surface area contributed by atoms with Crippen LogP contribution >= 0.6 is 0 Å². The molecule has 0 aliphatic heterocycles. The molecule has 1 unspecified atom stereocenters. The Morgan fingerprint density at radius 1 is 0.957 bits per heavy atom. The number of nitrogens with two attached hydrogens (primary N) is 1. The lowest BCUT2D eigenvalue weighted by atomic mass is 10.2. The van der Waals surface area contributed by atoms with Crippen LogP contribution in [0.25, 0.3) is 0 Å². The average molecular weight is 331 g/mol. The molecule has 0 saturated heterocycles. The topological polar surface area (TPSA) is 107 Å². The smallest absolute Gasteiger partial charge is 0.221 e. The Hall–Kier alpha value is -2.51. The monoisotopic (exact) mass is 331 g/mol. The van der Waals surface area contributed by atoms with E-state index >= 15 is 0 Å². The molecule has 23 heavy (non-hydrogen) atoms. The summed E-state index contributed by atoms with van der Waals surface area (Å²) in [5.74, 6) is -0.420. The fourth-order valence-electron chi connectivity index (χ4n) is 1.95. The van der Waals surface area contributed by atoms with E-state index in [1.165, 1.54) is 13.8 Å². The molecule has 6 nitrogen and oxygen atoms in total. The van der Waals surface area contributed by atoms with E-state index in [0.29, 0.717) is 26.9 Å². The van der Waals surface area contributed by atoms with Crippen molar-refractivity contribution in [1.29, 1.82) is 0 Å². The highest BCUT2D eigenvalue weighted by molar-refractivity contribution is 7.91. The first-order chi connectivity index (χ1) is 10.9. The Morgan fingerprint density at radius 3 is 2.09 bits per heavy atom. The molecule has 2 aromatic carbocycles. The second-order valence-electron chi connectivity index (χ2n) is 4.90. The van der Waals surface area contributed by atoms with Crippen molar-refractivity contribution in [3.8, 4) is 0 Å². The number of hydrogen-bond donors (Lipinski definition) is 3. The van der Waals surface area contributed by atoms with Crippen LogP contribution in [0.1, 0.15) is 13.8 Å². The van der Waals surface area contributed by atoms with Crippen molar-refractivity contribution in [2.75, 3.05) is 16.4 Å². The number of carbonyl (C=O) groups is 2. The lowest BCUT2D eigenvalue weighted by Gasteiger charge is -2.13. The highest BCUT2D eigenvalue weighted by Gasteiger charge is 2.17. The highest BCUT2D eigenvalue weighted by Crippen LogP contribution is 2.27. The maximum atomic E-state index is 12.6. The normalized spacial score (nSPS) is 11.6. The van der Waals surface area contributed by atoms with Crippen molar-refractivity contribution in [1.82, 2.24) is 0 Å². The molecule has 0 aliphatic carbocycles. The van der Waals surface area contributed by atoms with Crippen LogP contribution in [0.15, 0.2) is 52.3 Å². The van der Waals surface area contributed by atoms with E-state index in [-0.39, 0.29) is 11.8 Å². The van der Waals surface area contributed by atoms with Crippen LogP contribution in [0, 0.1) is 0 Å². The van der Waals surface area contributed by atoms with Crippen LogP contribution in [-0.2, 0) is 20.8 Å². The number of hydrogen-bond acceptors (Lipinski definition) is 4. The Morgan fingerprint density at radius 2 is 1.52 bits per heavy atom. The summed E-state index contributed by atoms with van der Waals surface area (Å²) in [7, 11) is 0. The first-order valence-electron chi connectivity index (χ1n) is 6.83. The van der Waals surface area contributed by atoms with E-state index in [0.717, 1.165) is 0 Å². The molecular weight excluding hydrogens is 314 g/mol. The predicted octanol–water partition coefficient (Wildman–Crippen LogP) is 2.35. The van der Waals surface area contributed by atoms with Crippen molar-refractivity contribution in [3.63, 3.8) is 0 Å². The van der Waals surface area contributed by atoms with E-state index in [9.17, 15) is 14.1 Å². The van der Waals surface area contributed by atoms with Crippen LogP contribution < -0.4 is 16.4 Å². The number of carbonyl (C=O) groups excluding carboxylic acids is 2. The quantitative estimate of drug-likeness (QED) is 0.590. The maximum Gasteiger partial charge on any atom is 0.221 e. The third kappa shape index (κ3) is 4.48. The Labute approximate surface area is 137 Å². The van der Waals surface area contributed by atoms with Gasteiger partial charge in [0.05, 0.1) is 11.4 Å². The zero-order valence-corrected chi connectivity index (χ0v) is 13.6. The zero-order valence-electron chi connectivity index (χ0n) is 12.8. The third-order valence-electron chi connectivity index (χ3n) is 2.94. The number of benzene rings is 2. The van der Waals surface area contributed by atoms with Gasteiger partial charge in [0, 0.05) is 36.8 Å². The molecule has 2 aromatic rings. The first kappa shape index (κ1) is 16.9. The van der Waals surface area contributed by atoms with E-state index < -0.39 is 11.2 Å². The van der Waals surface area contributed by atoms with Crippen molar-refractivity contribution in [2.24, 2.45) is 0 Å². The van der Waals surface area contributed by atoms with Gasteiger partial charge >= 0.3 is 0 Å². The van der Waals surface area contributed by atoms with Crippen molar-refractivity contribution >= 4 is 40.1 Å². The third-order valence-corrected chi connectivity index (χ3v) is 4.32. The fraction of sp³-hybridized carbons (Fsp3) is 0.125. The summed E-state index contributed by atoms with van der Waals surface area (Å²) in [6.07, 6.45) is 0. The first-order valence-corrected chi connectivity index (χ1v) is 7.98. The molecule has 120 valence electrons. The number of nitrogen functional groups attached to an aromatic ring is 1. The molecule has 0 fully saturated rings. The van der Waals surface area contributed by atoms with Gasteiger partial charge in [-0.1, -0.05) is 0 Å². The molecule has 0 saturated carbocycles. The molecule has 0 heterocycles. The van der Waals surface area contributed by atoms with E-state index in [1.54, 1.807) is 42.5 Å². The summed E-state index contributed by atoms with van der Waals surface area (Å²) >= 11 is -1.42. The fourth-order valence-corrected chi connectivity index (χ4v) is 3.02. The summed E-state index contributed by atoms with van der Waals surface area (Å²) in [5.41, 5.74) is 7.26. The van der Waals surface area contributed by atoms with Crippen molar-refractivity contribution in [3.05, 3.63) is 42.5 Å². The molecule has 4 N–H and O–H groups in total. The summed E-state index contributed by atoms with van der Waals surface area (Å²) in [6.45, 7) is 2.80. The van der Waals surface area contributed by atoms with Gasteiger partial charge in [0.2, 0.25) is 11.8 Å². The second kappa shape index (κ2) is 7.17. The zero-order chi connectivity index (χ0) is 17.0. The molecule has 0 aliphatic rings. The summed E-state index contributed by atoms with van der Waals surface area (Å²) in [5, 5.41) is 5.25. The van der Waals surface area contributed by atoms with Crippen molar-refractivity contribution in [2.45, 2.75) is 23.6 Å². The predicted molar refractivity (Wildman–Crippen MR) is 90.6 cm³/mol. The lowest BCUT2D eigenvalue weighted by Crippen LogP contribution is -2.10. The standard InChI is InChI=1S/C16H17N3O3S/c1-10(20)18-12-3-5-13(6-4-12)23(22)14-7-8-15(17)16(9-14)19-11(2)21/h3-9H,17H2,1-2H3,(H,18,20)(H,19,21). The van der Waals surface area contributed by atoms with Gasteiger partial charge < -0.3 is 20.9 Å². The van der Waals surface area contributed by atoms with Crippen LogP contribution in [0.5, 0.6) is 0 Å². The molecule has 7 heteroatoms. The van der Waals surface area contributed by atoms with Gasteiger partial charge in [-0.05, 0) is 36.4 Å². The molecular formula is C16H17N3O3S. The molecule has 0 spiro atoms. The van der Waals surface area contributed by atoms with Gasteiger partial charge in [0.1, 0.15) is 0 Å². The molecule has 0 radical (unpaired) electrons. The Kier molecular flexibility index (Phi) is 5.25. The van der Waals surface area contributed by atoms with E-state index in [1.807, 2.05) is 0 Å². The maximum absolute atomic E-state index is 12.6. The largest absolute Gasteiger partial charge is 0.606 e. The number of nitrogens with one attached hydrogen (secondary N) is 2. The van der Waals surface area contributed by atoms with Gasteiger partial charge in [-0.15, -0.1) is 0 Å². The van der Waals surface area contributed by atoms with Gasteiger partial charge in [-0.3, -0.25) is 9.59 Å². The van der Waals surface area contributed by atoms with Crippen LogP contribution in [0.4, 0.5) is 17.1 Å². The molecule has 1 atom stereocenters. The minimum atomic E-state index is -1.42. The van der Waals surface area contributed by atoms with Gasteiger partial charge in [-0.2, -0.15) is 0 Å². The van der Waals surface area contributed by atoms with E-state index in [4.69, 9.17) is 5.73 Å². The van der Waals surface area contributed by atoms with Crippen LogP contribution in [0.2, 0.25) is 0 Å². The van der Waals surface area contributed by atoms with Crippen LogP contribution in [-0.4, -0.2) is 16.4 Å². The van der Waals surface area contributed by atoms with E-state index in [2.05, 4.69) is 10.6 Å². The minimum Gasteiger partial charge on any atom is -0.606 e. The summed E-state index contributed by atoms with van der Waals surface area (Å²) in [4.78, 5) is 23.3. The molecule has 2 amide bonds. The van der Waals surface area contributed by atoms with Crippen molar-refractivity contribution < 1.29 is 14.1 Å². The Balaban J connectivity index is 2.24. The Bertz CT molecular complexity index is 732. The lowest BCUT2D eigenvalue weighted by molar-refractivity contribution is -0.115. The van der Waals surface area contributed by atoms with Crippen LogP contribution in [0.3, 0.4) is 0 Å². The summed E-state index contributed by atoms with van der Waals surface area (Å²) in [6, 6.07) is 11.6. The van der Waals surface area contributed by atoms with Gasteiger partial charge in [0.15, 0.2) is 9.79 Å². The second-order valence-corrected chi connectivity index (χ2v) is 6.38. The minimum absolute atomic E-state index is 0.169. The molecule has 2 rings (SSSR count). The highest BCUT2D eigenvalue weighted by atomic mass is 32.2. The number of rotatable bonds is 4. The average Bonchev–Trinajstić information content (AvgIpc) is 2.48.